The number of halogens is 2. The van der Waals surface area contributed by atoms with Gasteiger partial charge in [0.25, 0.3) is 5.91 Å². The summed E-state index contributed by atoms with van der Waals surface area (Å²) in [5, 5.41) is 18.9. The second-order valence-corrected chi connectivity index (χ2v) is 5.36. The van der Waals surface area contributed by atoms with Gasteiger partial charge in [0.2, 0.25) is 0 Å². The summed E-state index contributed by atoms with van der Waals surface area (Å²) in [6.07, 6.45) is 1.24. The highest BCUT2D eigenvalue weighted by molar-refractivity contribution is 6.30. The second kappa shape index (κ2) is 6.73. The summed E-state index contributed by atoms with van der Waals surface area (Å²) < 4.78 is 19.9. The number of carbonyl (C=O) groups excluding carboxylic acids is 1. The molecule has 0 bridgehead atoms. The van der Waals surface area contributed by atoms with Crippen molar-refractivity contribution in [2.24, 2.45) is 0 Å². The molecule has 0 aliphatic carbocycles. The lowest BCUT2D eigenvalue weighted by molar-refractivity contribution is 0.0855. The first kappa shape index (κ1) is 16.9. The fourth-order valence-corrected chi connectivity index (χ4v) is 2.02. The molecule has 120 valence electrons. The van der Waals surface area contributed by atoms with Gasteiger partial charge in [-0.05, 0) is 19.1 Å². The number of benzene rings is 1. The minimum absolute atomic E-state index is 0.00625. The number of hydrogen-bond acceptors (Lipinski definition) is 5. The van der Waals surface area contributed by atoms with Gasteiger partial charge in [0.1, 0.15) is 11.2 Å². The van der Waals surface area contributed by atoms with Crippen LogP contribution < -0.4 is 5.32 Å². The average molecular weight is 338 g/mol. The van der Waals surface area contributed by atoms with Crippen LogP contribution in [0, 0.1) is 17.1 Å². The van der Waals surface area contributed by atoms with Crippen LogP contribution in [0.2, 0.25) is 5.02 Å². The molecule has 1 N–H and O–H groups in total. The molecule has 0 saturated heterocycles. The highest BCUT2D eigenvalue weighted by Crippen LogP contribution is 2.20. The van der Waals surface area contributed by atoms with Crippen molar-refractivity contribution in [1.29, 1.82) is 5.26 Å². The van der Waals surface area contributed by atoms with E-state index in [1.54, 1.807) is 6.07 Å². The zero-order valence-electron chi connectivity index (χ0n) is 12.4. The zero-order chi connectivity index (χ0) is 17.0. The topological polar surface area (TPSA) is 92.8 Å². The van der Waals surface area contributed by atoms with Gasteiger partial charge in [-0.3, -0.25) is 4.79 Å². The molecule has 1 heterocycles. The quantitative estimate of drug-likeness (QED) is 0.896. The van der Waals surface area contributed by atoms with E-state index in [2.05, 4.69) is 15.6 Å². The lowest BCUT2D eigenvalue weighted by Gasteiger charge is -2.21. The average Bonchev–Trinajstić information content (AvgIpc) is 3.00. The van der Waals surface area contributed by atoms with Gasteiger partial charge >= 0.3 is 0 Å². The van der Waals surface area contributed by atoms with Crippen LogP contribution in [0.5, 0.6) is 0 Å². The van der Waals surface area contributed by atoms with Gasteiger partial charge in [0, 0.05) is 7.11 Å². The predicted octanol–water partition coefficient (Wildman–Crippen LogP) is 1.72. The van der Waals surface area contributed by atoms with E-state index >= 15 is 0 Å². The molecule has 1 aromatic heterocycles. The maximum Gasteiger partial charge on any atom is 0.274 e. The molecule has 23 heavy (non-hydrogen) atoms. The van der Waals surface area contributed by atoms with Crippen LogP contribution in [0.25, 0.3) is 5.69 Å². The Morgan fingerprint density at radius 2 is 2.35 bits per heavy atom. The summed E-state index contributed by atoms with van der Waals surface area (Å²) in [5.74, 6) is -1.30. The smallest absolute Gasteiger partial charge is 0.274 e. The molecule has 1 aromatic carbocycles. The molecular formula is C14H13ClFN5O2. The fraction of sp³-hybridized carbons (Fsp3) is 0.286. The number of nitrogens with zero attached hydrogens (tertiary/aromatic N) is 4. The summed E-state index contributed by atoms with van der Waals surface area (Å²) in [7, 11) is 1.42. The number of methoxy groups -OCH3 is 1. The Morgan fingerprint density at radius 1 is 1.61 bits per heavy atom. The van der Waals surface area contributed by atoms with Crippen molar-refractivity contribution in [3.63, 3.8) is 0 Å². The van der Waals surface area contributed by atoms with Crippen molar-refractivity contribution in [3.05, 3.63) is 40.9 Å². The molecule has 1 atom stereocenters. The van der Waals surface area contributed by atoms with E-state index in [1.807, 2.05) is 6.07 Å². The molecule has 0 fully saturated rings. The molecule has 0 radical (unpaired) electrons. The van der Waals surface area contributed by atoms with Crippen molar-refractivity contribution in [2.45, 2.75) is 12.5 Å². The first-order valence-corrected chi connectivity index (χ1v) is 6.87. The summed E-state index contributed by atoms with van der Waals surface area (Å²) in [4.78, 5) is 12.1. The summed E-state index contributed by atoms with van der Waals surface area (Å²) in [5.41, 5.74) is -1.22. The predicted molar refractivity (Wildman–Crippen MR) is 79.7 cm³/mol. The van der Waals surface area contributed by atoms with E-state index < -0.39 is 17.3 Å². The largest absolute Gasteiger partial charge is 0.381 e. The number of rotatable bonds is 5. The normalized spacial score (nSPS) is 13.2. The molecule has 2 rings (SSSR count). The molecule has 2 aromatic rings. The lowest BCUT2D eigenvalue weighted by atomic mass is 10.1. The third-order valence-corrected chi connectivity index (χ3v) is 3.27. The Kier molecular flexibility index (Phi) is 4.93. The van der Waals surface area contributed by atoms with Gasteiger partial charge in [-0.1, -0.05) is 22.9 Å². The van der Waals surface area contributed by atoms with Crippen LogP contribution in [-0.4, -0.2) is 40.2 Å². The first-order valence-electron chi connectivity index (χ1n) is 6.49. The van der Waals surface area contributed by atoms with Gasteiger partial charge in [0.05, 0.1) is 23.9 Å². The van der Waals surface area contributed by atoms with E-state index in [1.165, 1.54) is 32.4 Å². The molecular weight excluding hydrogens is 325 g/mol. The zero-order valence-corrected chi connectivity index (χ0v) is 13.1. The van der Waals surface area contributed by atoms with Crippen molar-refractivity contribution in [3.8, 4) is 11.8 Å². The van der Waals surface area contributed by atoms with E-state index in [4.69, 9.17) is 21.6 Å². The Labute approximate surface area is 136 Å². The van der Waals surface area contributed by atoms with Gasteiger partial charge in [-0.2, -0.15) is 5.26 Å². The van der Waals surface area contributed by atoms with Crippen molar-refractivity contribution in [1.82, 2.24) is 20.3 Å². The molecule has 7 nitrogen and oxygen atoms in total. The van der Waals surface area contributed by atoms with Gasteiger partial charge < -0.3 is 10.1 Å². The van der Waals surface area contributed by atoms with Crippen molar-refractivity contribution < 1.29 is 13.9 Å². The van der Waals surface area contributed by atoms with E-state index in [0.29, 0.717) is 0 Å². The van der Waals surface area contributed by atoms with Gasteiger partial charge in [-0.25, -0.2) is 9.07 Å². The molecule has 1 amide bonds. The molecule has 0 spiro atoms. The monoisotopic (exact) mass is 337 g/mol. The number of nitriles is 1. The number of aromatic nitrogens is 3. The fourth-order valence-electron chi connectivity index (χ4n) is 1.85. The highest BCUT2D eigenvalue weighted by atomic mass is 35.5. The number of carbonyl (C=O) groups is 1. The van der Waals surface area contributed by atoms with Crippen LogP contribution in [0.4, 0.5) is 4.39 Å². The maximum atomic E-state index is 13.9. The van der Waals surface area contributed by atoms with Crippen LogP contribution >= 0.6 is 11.6 Å². The van der Waals surface area contributed by atoms with Gasteiger partial charge in [-0.15, -0.1) is 5.10 Å². The molecule has 0 aliphatic rings. The van der Waals surface area contributed by atoms with Crippen LogP contribution in [0.1, 0.15) is 17.4 Å². The van der Waals surface area contributed by atoms with Crippen LogP contribution in [0.3, 0.4) is 0 Å². The Hall–Kier alpha value is -2.50. The SMILES string of the molecule is COC[C@@](C)(C#N)NC(=O)c1cn(-c2cccc(Cl)c2F)nn1. The molecule has 0 unspecified atom stereocenters. The van der Waals surface area contributed by atoms with Crippen LogP contribution in [-0.2, 0) is 4.74 Å². The molecule has 0 saturated carbocycles. The van der Waals surface area contributed by atoms with Crippen molar-refractivity contribution in [2.75, 3.05) is 13.7 Å². The highest BCUT2D eigenvalue weighted by Gasteiger charge is 2.28. The number of nitrogens with one attached hydrogen (secondary N) is 1. The minimum atomic E-state index is -1.21. The summed E-state index contributed by atoms with van der Waals surface area (Å²) >= 11 is 5.71. The summed E-state index contributed by atoms with van der Waals surface area (Å²) in [6, 6.07) is 6.34. The lowest BCUT2D eigenvalue weighted by Crippen LogP contribution is -2.48. The summed E-state index contributed by atoms with van der Waals surface area (Å²) in [6.45, 7) is 1.52. The van der Waals surface area contributed by atoms with Crippen LogP contribution in [0.15, 0.2) is 24.4 Å². The maximum absolute atomic E-state index is 13.9. The van der Waals surface area contributed by atoms with Crippen molar-refractivity contribution >= 4 is 17.5 Å². The van der Waals surface area contributed by atoms with E-state index in [-0.39, 0.29) is 23.0 Å². The second-order valence-electron chi connectivity index (χ2n) is 4.95. The minimum Gasteiger partial charge on any atom is -0.381 e. The first-order chi connectivity index (χ1) is 10.9. The molecule has 9 heteroatoms. The van der Waals surface area contributed by atoms with E-state index in [0.717, 1.165) is 4.68 Å². The Morgan fingerprint density at radius 3 is 3.00 bits per heavy atom. The number of hydrogen-bond donors (Lipinski definition) is 1. The Balaban J connectivity index is 2.24. The Bertz CT molecular complexity index is 773. The number of amides is 1. The molecule has 0 aliphatic heterocycles. The van der Waals surface area contributed by atoms with E-state index in [9.17, 15) is 9.18 Å². The standard InChI is InChI=1S/C14H13ClFN5O2/c1-14(7-17,8-23-2)18-13(22)10-6-21(20-19-10)11-5-3-4-9(15)12(11)16/h3-6H,8H2,1-2H3,(H,18,22)/t14-/m1/s1. The third-order valence-electron chi connectivity index (χ3n) is 2.97. The third kappa shape index (κ3) is 3.64. The number of ether oxygens (including phenoxy) is 1. The van der Waals surface area contributed by atoms with Gasteiger partial charge in [0.15, 0.2) is 11.5 Å².